The Balaban J connectivity index is 1.68. The topological polar surface area (TPSA) is 61.4 Å². The fraction of sp³-hybridized carbons (Fsp3) is 0.200. The lowest BCUT2D eigenvalue weighted by Gasteiger charge is -2.32. The summed E-state index contributed by atoms with van der Waals surface area (Å²) in [5, 5.41) is 6.68. The van der Waals surface area contributed by atoms with Crippen molar-refractivity contribution < 1.29 is 9.59 Å². The van der Waals surface area contributed by atoms with Gasteiger partial charge in [-0.1, -0.05) is 42.5 Å². The molecule has 1 fully saturated rings. The van der Waals surface area contributed by atoms with Crippen molar-refractivity contribution in [3.8, 4) is 0 Å². The lowest BCUT2D eigenvalue weighted by atomic mass is 10.1. The number of amides is 2. The highest BCUT2D eigenvalue weighted by Gasteiger charge is 2.29. The van der Waals surface area contributed by atoms with E-state index in [2.05, 4.69) is 41.1 Å². The first-order valence-corrected chi connectivity index (χ1v) is 7.62. The molecular weight excluding hydrogens is 286 g/mol. The van der Waals surface area contributed by atoms with E-state index >= 15 is 0 Å². The standard InChI is InChI=1S/C15H15N3O2S/c1-18-15(16-13(19)14(20)17-18)21-9-10-6-7-11-4-2-3-5-12(11)8-10/h2-8,15H,9H2,1H3,(H,16,19)(H,17,20). The van der Waals surface area contributed by atoms with E-state index in [-0.39, 0.29) is 5.50 Å². The van der Waals surface area contributed by atoms with E-state index in [9.17, 15) is 9.59 Å². The molecule has 0 bridgehead atoms. The normalized spacial score (nSPS) is 19.4. The third kappa shape index (κ3) is 3.01. The molecule has 1 heterocycles. The van der Waals surface area contributed by atoms with Crippen LogP contribution in [-0.2, 0) is 15.3 Å². The Kier molecular flexibility index (Phi) is 3.81. The van der Waals surface area contributed by atoms with Crippen LogP contribution in [0.5, 0.6) is 0 Å². The van der Waals surface area contributed by atoms with Gasteiger partial charge >= 0.3 is 11.8 Å². The van der Waals surface area contributed by atoms with Crippen LogP contribution in [0.3, 0.4) is 0 Å². The highest BCUT2D eigenvalue weighted by Crippen LogP contribution is 2.22. The van der Waals surface area contributed by atoms with Gasteiger partial charge in [0.25, 0.3) is 0 Å². The first kappa shape index (κ1) is 13.9. The summed E-state index contributed by atoms with van der Waals surface area (Å²) >= 11 is 1.55. The predicted octanol–water partition coefficient (Wildman–Crippen LogP) is 1.45. The van der Waals surface area contributed by atoms with E-state index in [1.54, 1.807) is 23.8 Å². The average molecular weight is 301 g/mol. The second kappa shape index (κ2) is 5.75. The van der Waals surface area contributed by atoms with Crippen molar-refractivity contribution in [2.24, 2.45) is 0 Å². The molecule has 1 aliphatic heterocycles. The second-order valence-corrected chi connectivity index (χ2v) is 5.94. The summed E-state index contributed by atoms with van der Waals surface area (Å²) in [6.07, 6.45) is 0. The van der Waals surface area contributed by atoms with Crippen LogP contribution in [0.15, 0.2) is 42.5 Å². The van der Waals surface area contributed by atoms with Gasteiger partial charge in [0.1, 0.15) is 5.50 Å². The number of hydrogen-bond donors (Lipinski definition) is 2. The molecule has 5 nitrogen and oxygen atoms in total. The molecular formula is C15H15N3O2S. The lowest BCUT2D eigenvalue weighted by Crippen LogP contribution is -2.62. The SMILES string of the molecule is CN1NC(=O)C(=O)NC1SCc1ccc2ccccc2c1. The van der Waals surface area contributed by atoms with Gasteiger partial charge in [-0.05, 0) is 16.3 Å². The molecule has 0 radical (unpaired) electrons. The van der Waals surface area contributed by atoms with Crippen LogP contribution in [0.25, 0.3) is 10.8 Å². The number of nitrogens with zero attached hydrogens (tertiary/aromatic N) is 1. The van der Waals surface area contributed by atoms with Crippen molar-refractivity contribution in [3.63, 3.8) is 0 Å². The largest absolute Gasteiger partial charge is 0.323 e. The number of hydrogen-bond acceptors (Lipinski definition) is 4. The van der Waals surface area contributed by atoms with Gasteiger partial charge in [-0.25, -0.2) is 0 Å². The van der Waals surface area contributed by atoms with Crippen LogP contribution in [0.1, 0.15) is 5.56 Å². The monoisotopic (exact) mass is 301 g/mol. The van der Waals surface area contributed by atoms with Crippen molar-refractivity contribution in [3.05, 3.63) is 48.0 Å². The van der Waals surface area contributed by atoms with Crippen molar-refractivity contribution in [1.82, 2.24) is 15.8 Å². The molecule has 1 aliphatic rings. The smallest absolute Gasteiger partial charge is 0.322 e. The summed E-state index contributed by atoms with van der Waals surface area (Å²) < 4.78 is 0. The number of rotatable bonds is 3. The molecule has 0 saturated carbocycles. The quantitative estimate of drug-likeness (QED) is 0.842. The molecule has 0 spiro atoms. The van der Waals surface area contributed by atoms with Gasteiger partial charge in [-0.15, -0.1) is 11.8 Å². The zero-order valence-electron chi connectivity index (χ0n) is 11.5. The minimum absolute atomic E-state index is 0.262. The van der Waals surface area contributed by atoms with E-state index in [0.717, 1.165) is 5.75 Å². The number of benzene rings is 2. The maximum Gasteiger partial charge on any atom is 0.323 e. The number of fused-ring (bicyclic) bond motifs is 1. The zero-order valence-corrected chi connectivity index (χ0v) is 12.3. The Morgan fingerprint density at radius 2 is 1.86 bits per heavy atom. The maximum atomic E-state index is 11.4. The molecule has 2 N–H and O–H groups in total. The fourth-order valence-corrected chi connectivity index (χ4v) is 3.20. The van der Waals surface area contributed by atoms with Gasteiger partial charge in [0.05, 0.1) is 0 Å². The number of hydrazine groups is 1. The highest BCUT2D eigenvalue weighted by atomic mass is 32.2. The minimum Gasteiger partial charge on any atom is -0.322 e. The summed E-state index contributed by atoms with van der Waals surface area (Å²) in [4.78, 5) is 22.6. The van der Waals surface area contributed by atoms with Gasteiger partial charge in [0, 0.05) is 12.8 Å². The summed E-state index contributed by atoms with van der Waals surface area (Å²) in [6, 6.07) is 14.5. The first-order valence-electron chi connectivity index (χ1n) is 6.57. The maximum absolute atomic E-state index is 11.4. The summed E-state index contributed by atoms with van der Waals surface area (Å²) in [5.74, 6) is -0.472. The average Bonchev–Trinajstić information content (AvgIpc) is 2.49. The van der Waals surface area contributed by atoms with Crippen molar-refractivity contribution in [2.45, 2.75) is 11.3 Å². The zero-order chi connectivity index (χ0) is 14.8. The van der Waals surface area contributed by atoms with E-state index < -0.39 is 11.8 Å². The Hall–Kier alpha value is -2.05. The van der Waals surface area contributed by atoms with Crippen LogP contribution in [0.2, 0.25) is 0 Å². The highest BCUT2D eigenvalue weighted by molar-refractivity contribution is 7.99. The fourth-order valence-electron chi connectivity index (χ4n) is 2.20. The van der Waals surface area contributed by atoms with E-state index in [1.807, 2.05) is 12.1 Å². The van der Waals surface area contributed by atoms with E-state index in [4.69, 9.17) is 0 Å². The molecule has 0 aliphatic carbocycles. The van der Waals surface area contributed by atoms with Crippen molar-refractivity contribution in [2.75, 3.05) is 7.05 Å². The number of nitrogens with one attached hydrogen (secondary N) is 2. The summed E-state index contributed by atoms with van der Waals surface area (Å²) in [7, 11) is 1.73. The molecule has 2 amide bonds. The Labute approximate surface area is 126 Å². The predicted molar refractivity (Wildman–Crippen MR) is 83.1 cm³/mol. The molecule has 0 aromatic heterocycles. The number of carbonyl (C=O) groups is 2. The lowest BCUT2D eigenvalue weighted by molar-refractivity contribution is -0.146. The third-order valence-electron chi connectivity index (χ3n) is 3.31. The van der Waals surface area contributed by atoms with Gasteiger partial charge < -0.3 is 5.32 Å². The van der Waals surface area contributed by atoms with Gasteiger partial charge in [0.2, 0.25) is 0 Å². The third-order valence-corrected chi connectivity index (χ3v) is 4.56. The first-order chi connectivity index (χ1) is 10.1. The Morgan fingerprint density at radius 1 is 1.10 bits per heavy atom. The molecule has 1 unspecified atom stereocenters. The van der Waals surface area contributed by atoms with Gasteiger partial charge in [-0.3, -0.25) is 15.0 Å². The summed E-state index contributed by atoms with van der Waals surface area (Å²) in [6.45, 7) is 0. The van der Waals surface area contributed by atoms with Crippen molar-refractivity contribution >= 4 is 34.3 Å². The van der Waals surface area contributed by atoms with Gasteiger partial charge in [-0.2, -0.15) is 5.01 Å². The molecule has 2 aromatic carbocycles. The minimum atomic E-state index is -0.625. The molecule has 108 valence electrons. The second-order valence-electron chi connectivity index (χ2n) is 4.87. The van der Waals surface area contributed by atoms with Crippen LogP contribution >= 0.6 is 11.8 Å². The Bertz CT molecular complexity index is 704. The summed E-state index contributed by atoms with van der Waals surface area (Å²) in [5.41, 5.74) is 3.42. The van der Waals surface area contributed by atoms with E-state index in [0.29, 0.717) is 0 Å². The van der Waals surface area contributed by atoms with Crippen molar-refractivity contribution in [1.29, 1.82) is 0 Å². The molecule has 6 heteroatoms. The van der Waals surface area contributed by atoms with Crippen LogP contribution in [0.4, 0.5) is 0 Å². The molecule has 21 heavy (non-hydrogen) atoms. The Morgan fingerprint density at radius 3 is 2.67 bits per heavy atom. The molecule has 3 rings (SSSR count). The number of thioether (sulfide) groups is 1. The molecule has 1 saturated heterocycles. The van der Waals surface area contributed by atoms with Crippen LogP contribution in [-0.4, -0.2) is 29.4 Å². The van der Waals surface area contributed by atoms with Crippen LogP contribution < -0.4 is 10.7 Å². The number of carbonyl (C=O) groups excluding carboxylic acids is 2. The molecule has 1 atom stereocenters. The van der Waals surface area contributed by atoms with E-state index in [1.165, 1.54) is 16.3 Å². The van der Waals surface area contributed by atoms with Crippen LogP contribution in [0, 0.1) is 0 Å². The molecule has 2 aromatic rings. The van der Waals surface area contributed by atoms with Gasteiger partial charge in [0.15, 0.2) is 0 Å².